The molecule has 4 nitrogen and oxygen atoms in total. The summed E-state index contributed by atoms with van der Waals surface area (Å²) in [6, 6.07) is 6.13. The molecule has 1 aromatic heterocycles. The minimum absolute atomic E-state index is 0.0369. The molecule has 19 heavy (non-hydrogen) atoms. The summed E-state index contributed by atoms with van der Waals surface area (Å²) in [5.74, 6) is 0.657. The number of hydrogen-bond acceptors (Lipinski definition) is 3. The summed E-state index contributed by atoms with van der Waals surface area (Å²) in [7, 11) is 0. The first-order valence-electron chi connectivity index (χ1n) is 6.59. The van der Waals surface area contributed by atoms with Gasteiger partial charge in [0, 0.05) is 12.4 Å². The molecule has 0 saturated heterocycles. The molecule has 0 N–H and O–H groups in total. The predicted octanol–water partition coefficient (Wildman–Crippen LogP) is 2.48. The van der Waals surface area contributed by atoms with Gasteiger partial charge in [-0.25, -0.2) is 4.98 Å². The summed E-state index contributed by atoms with van der Waals surface area (Å²) in [4.78, 5) is 15.6. The highest BCUT2D eigenvalue weighted by atomic mass is 16.5. The van der Waals surface area contributed by atoms with Gasteiger partial charge in [-0.15, -0.1) is 0 Å². The molecule has 0 amide bonds. The maximum atomic E-state index is 11.8. The summed E-state index contributed by atoms with van der Waals surface area (Å²) in [6.45, 7) is 0.0369. The van der Waals surface area contributed by atoms with Crippen molar-refractivity contribution in [3.63, 3.8) is 0 Å². The third-order valence-electron chi connectivity index (χ3n) is 3.47. The Morgan fingerprint density at radius 2 is 2.11 bits per heavy atom. The van der Waals surface area contributed by atoms with Gasteiger partial charge in [-0.05, 0) is 48.9 Å². The predicted molar refractivity (Wildman–Crippen MR) is 71.4 cm³/mol. The fraction of sp³-hybridized carbons (Fsp3) is 0.333. The smallest absolute Gasteiger partial charge is 0.269 e. The Bertz CT molecular complexity index is 576. The van der Waals surface area contributed by atoms with E-state index >= 15 is 0 Å². The molecule has 1 aliphatic carbocycles. The molecule has 0 atom stereocenters. The van der Waals surface area contributed by atoms with Crippen molar-refractivity contribution in [2.75, 3.05) is 6.61 Å². The molecule has 0 fully saturated rings. The van der Waals surface area contributed by atoms with Crippen LogP contribution >= 0.6 is 0 Å². The molecule has 98 valence electrons. The molecular formula is C15H16N2O2. The maximum absolute atomic E-state index is 11.8. The number of carbonyl (C=O) groups is 1. The fourth-order valence-electron chi connectivity index (χ4n) is 2.43. The highest BCUT2D eigenvalue weighted by Gasteiger charge is 2.11. The quantitative estimate of drug-likeness (QED) is 0.847. The molecule has 0 unspecified atom stereocenters. The van der Waals surface area contributed by atoms with Crippen LogP contribution in [0.1, 0.15) is 28.8 Å². The van der Waals surface area contributed by atoms with E-state index in [-0.39, 0.29) is 12.5 Å². The molecule has 0 saturated carbocycles. The van der Waals surface area contributed by atoms with Crippen LogP contribution in [0.15, 0.2) is 36.9 Å². The summed E-state index contributed by atoms with van der Waals surface area (Å²) < 4.78 is 6.99. The molecule has 0 radical (unpaired) electrons. The Kier molecular flexibility index (Phi) is 3.31. The van der Waals surface area contributed by atoms with Gasteiger partial charge >= 0.3 is 0 Å². The Morgan fingerprint density at radius 1 is 1.26 bits per heavy atom. The number of ether oxygens (including phenoxy) is 1. The van der Waals surface area contributed by atoms with Gasteiger partial charge in [0.05, 0.1) is 0 Å². The summed E-state index contributed by atoms with van der Waals surface area (Å²) >= 11 is 0. The lowest BCUT2D eigenvalue weighted by atomic mass is 9.92. The van der Waals surface area contributed by atoms with Crippen LogP contribution in [0.3, 0.4) is 0 Å². The summed E-state index contributed by atoms with van der Waals surface area (Å²) in [6.07, 6.45) is 9.47. The van der Waals surface area contributed by atoms with E-state index in [0.717, 1.165) is 18.6 Å². The molecule has 1 heterocycles. The number of aryl methyl sites for hydroxylation is 2. The van der Waals surface area contributed by atoms with Gasteiger partial charge in [-0.1, -0.05) is 6.07 Å². The van der Waals surface area contributed by atoms with E-state index in [2.05, 4.69) is 17.1 Å². The lowest BCUT2D eigenvalue weighted by Crippen LogP contribution is -2.18. The Labute approximate surface area is 112 Å². The summed E-state index contributed by atoms with van der Waals surface area (Å²) in [5, 5.41) is 0. The van der Waals surface area contributed by atoms with Gasteiger partial charge in [-0.2, -0.15) is 0 Å². The average molecular weight is 256 g/mol. The number of benzene rings is 1. The second-order valence-corrected chi connectivity index (χ2v) is 4.79. The minimum atomic E-state index is -0.116. The van der Waals surface area contributed by atoms with E-state index in [1.54, 1.807) is 12.4 Å². The summed E-state index contributed by atoms with van der Waals surface area (Å²) in [5.41, 5.74) is 2.78. The molecule has 0 aliphatic heterocycles. The van der Waals surface area contributed by atoms with Crippen molar-refractivity contribution in [1.82, 2.24) is 9.55 Å². The highest BCUT2D eigenvalue weighted by molar-refractivity contribution is 5.80. The van der Waals surface area contributed by atoms with Gasteiger partial charge in [0.15, 0.2) is 6.61 Å². The van der Waals surface area contributed by atoms with Crippen LogP contribution in [0.4, 0.5) is 0 Å². The monoisotopic (exact) mass is 256 g/mol. The van der Waals surface area contributed by atoms with Gasteiger partial charge in [0.2, 0.25) is 0 Å². The molecule has 1 aliphatic rings. The van der Waals surface area contributed by atoms with Crippen LogP contribution in [0.25, 0.3) is 0 Å². The van der Waals surface area contributed by atoms with E-state index in [1.807, 2.05) is 6.07 Å². The van der Waals surface area contributed by atoms with Gasteiger partial charge in [0.1, 0.15) is 12.1 Å². The zero-order valence-electron chi connectivity index (χ0n) is 10.7. The number of nitrogens with zero attached hydrogens (tertiary/aromatic N) is 2. The molecule has 4 heteroatoms. The van der Waals surface area contributed by atoms with Gasteiger partial charge < -0.3 is 4.74 Å². The van der Waals surface area contributed by atoms with Crippen LogP contribution < -0.4 is 4.74 Å². The number of rotatable bonds is 3. The van der Waals surface area contributed by atoms with Gasteiger partial charge in [0.25, 0.3) is 5.91 Å². The van der Waals surface area contributed by atoms with Crippen molar-refractivity contribution in [3.05, 3.63) is 48.0 Å². The number of carbonyl (C=O) groups excluding carboxylic acids is 1. The zero-order chi connectivity index (χ0) is 13.1. The Morgan fingerprint density at radius 3 is 2.89 bits per heavy atom. The molecule has 3 rings (SSSR count). The van der Waals surface area contributed by atoms with Crippen molar-refractivity contribution >= 4 is 5.91 Å². The van der Waals surface area contributed by atoms with Crippen LogP contribution in [0.2, 0.25) is 0 Å². The third-order valence-corrected chi connectivity index (χ3v) is 3.47. The second kappa shape index (κ2) is 5.26. The second-order valence-electron chi connectivity index (χ2n) is 4.79. The molecule has 1 aromatic carbocycles. The number of imidazole rings is 1. The van der Waals surface area contributed by atoms with Crippen LogP contribution in [0, 0.1) is 0 Å². The van der Waals surface area contributed by atoms with Crippen LogP contribution in [0.5, 0.6) is 5.75 Å². The largest absolute Gasteiger partial charge is 0.484 e. The lowest BCUT2D eigenvalue weighted by molar-refractivity contribution is 0.0837. The van der Waals surface area contributed by atoms with Crippen LogP contribution in [-0.2, 0) is 12.8 Å². The number of hydrogen-bond donors (Lipinski definition) is 0. The molecule has 0 spiro atoms. The molecular weight excluding hydrogens is 240 g/mol. The first-order chi connectivity index (χ1) is 9.33. The fourth-order valence-corrected chi connectivity index (χ4v) is 2.43. The van der Waals surface area contributed by atoms with Crippen LogP contribution in [-0.4, -0.2) is 22.1 Å². The van der Waals surface area contributed by atoms with E-state index < -0.39 is 0 Å². The number of fused-ring (bicyclic) bond motifs is 1. The van der Waals surface area contributed by atoms with E-state index in [0.29, 0.717) is 0 Å². The standard InChI is InChI=1S/C15H16N2O2/c18-15(17-8-7-16-11-17)10-19-14-6-5-12-3-1-2-4-13(12)9-14/h5-9,11H,1-4,10H2. The van der Waals surface area contributed by atoms with Gasteiger partial charge in [-0.3, -0.25) is 9.36 Å². The van der Waals surface area contributed by atoms with Crippen molar-refractivity contribution in [3.8, 4) is 5.75 Å². The minimum Gasteiger partial charge on any atom is -0.484 e. The maximum Gasteiger partial charge on any atom is 0.269 e. The number of aromatic nitrogens is 2. The molecule has 2 aromatic rings. The van der Waals surface area contributed by atoms with Crippen molar-refractivity contribution < 1.29 is 9.53 Å². The van der Waals surface area contributed by atoms with Crippen molar-refractivity contribution in [1.29, 1.82) is 0 Å². The van der Waals surface area contributed by atoms with Crippen molar-refractivity contribution in [2.24, 2.45) is 0 Å². The molecule has 0 bridgehead atoms. The zero-order valence-corrected chi connectivity index (χ0v) is 10.7. The normalized spacial score (nSPS) is 13.9. The first-order valence-corrected chi connectivity index (χ1v) is 6.59. The first kappa shape index (κ1) is 12.0. The topological polar surface area (TPSA) is 44.1 Å². The SMILES string of the molecule is O=C(COc1ccc2c(c1)CCCC2)n1ccnc1. The van der Waals surface area contributed by atoms with Crippen molar-refractivity contribution in [2.45, 2.75) is 25.7 Å². The Balaban J connectivity index is 1.65. The van der Waals surface area contributed by atoms with E-state index in [9.17, 15) is 4.79 Å². The highest BCUT2D eigenvalue weighted by Crippen LogP contribution is 2.25. The average Bonchev–Trinajstić information content (AvgIpc) is 2.99. The Hall–Kier alpha value is -2.10. The van der Waals surface area contributed by atoms with E-state index in [1.165, 1.54) is 34.9 Å². The lowest BCUT2D eigenvalue weighted by Gasteiger charge is -2.16. The van der Waals surface area contributed by atoms with E-state index in [4.69, 9.17) is 4.74 Å². The third kappa shape index (κ3) is 2.67.